The van der Waals surface area contributed by atoms with Crippen molar-refractivity contribution in [3.05, 3.63) is 30.3 Å². The third-order valence-corrected chi connectivity index (χ3v) is 3.26. The topological polar surface area (TPSA) is 20.3 Å². The lowest BCUT2D eigenvalue weighted by atomic mass is 9.93. The zero-order valence-corrected chi connectivity index (χ0v) is 9.78. The van der Waals surface area contributed by atoms with Gasteiger partial charge in [0, 0.05) is 18.7 Å². The molecule has 0 aromatic heterocycles. The molecule has 1 aliphatic rings. The number of anilines is 1. The van der Waals surface area contributed by atoms with Gasteiger partial charge in [0.05, 0.1) is 0 Å². The van der Waals surface area contributed by atoms with E-state index in [0.717, 1.165) is 18.5 Å². The zero-order valence-electron chi connectivity index (χ0n) is 9.78. The third-order valence-electron chi connectivity index (χ3n) is 3.26. The van der Waals surface area contributed by atoms with Gasteiger partial charge in [0.15, 0.2) is 0 Å². The van der Waals surface area contributed by atoms with Crippen LogP contribution in [-0.4, -0.2) is 11.9 Å². The highest BCUT2D eigenvalue weighted by Gasteiger charge is 2.24. The van der Waals surface area contributed by atoms with Crippen molar-refractivity contribution in [2.24, 2.45) is 0 Å². The van der Waals surface area contributed by atoms with Gasteiger partial charge in [0.2, 0.25) is 5.91 Å². The van der Waals surface area contributed by atoms with Crippen LogP contribution in [0.1, 0.15) is 39.0 Å². The van der Waals surface area contributed by atoms with E-state index in [1.807, 2.05) is 29.2 Å². The van der Waals surface area contributed by atoms with Crippen molar-refractivity contribution in [3.8, 4) is 0 Å². The summed E-state index contributed by atoms with van der Waals surface area (Å²) in [5.41, 5.74) is 1.01. The number of carbonyl (C=O) groups is 1. The summed E-state index contributed by atoms with van der Waals surface area (Å²) < 4.78 is 0. The van der Waals surface area contributed by atoms with Crippen LogP contribution in [0.2, 0.25) is 0 Å². The Morgan fingerprint density at radius 2 is 1.88 bits per heavy atom. The molecule has 0 unspecified atom stereocenters. The molecule has 2 nitrogen and oxygen atoms in total. The van der Waals surface area contributed by atoms with Gasteiger partial charge >= 0.3 is 0 Å². The van der Waals surface area contributed by atoms with E-state index in [1.165, 1.54) is 19.3 Å². The summed E-state index contributed by atoms with van der Waals surface area (Å²) in [4.78, 5) is 13.7. The number of benzene rings is 1. The Morgan fingerprint density at radius 1 is 1.25 bits per heavy atom. The van der Waals surface area contributed by atoms with Gasteiger partial charge in [-0.3, -0.25) is 4.79 Å². The second-order valence-corrected chi connectivity index (χ2v) is 4.44. The second kappa shape index (κ2) is 5.15. The maximum absolute atomic E-state index is 11.8. The molecular formula is C14H18NO. The van der Waals surface area contributed by atoms with E-state index < -0.39 is 0 Å². The Morgan fingerprint density at radius 3 is 2.44 bits per heavy atom. The summed E-state index contributed by atoms with van der Waals surface area (Å²) in [6.45, 7) is 1.66. The number of rotatable bonds is 2. The molecule has 0 spiro atoms. The summed E-state index contributed by atoms with van der Waals surface area (Å²) in [6.07, 6.45) is 6.07. The van der Waals surface area contributed by atoms with Crippen LogP contribution in [0.4, 0.5) is 5.69 Å². The van der Waals surface area contributed by atoms with Crippen LogP contribution in [-0.2, 0) is 4.79 Å². The van der Waals surface area contributed by atoms with Crippen LogP contribution in [0.25, 0.3) is 0 Å². The van der Waals surface area contributed by atoms with E-state index in [-0.39, 0.29) is 5.91 Å². The fourth-order valence-corrected chi connectivity index (χ4v) is 2.53. The first kappa shape index (κ1) is 11.2. The van der Waals surface area contributed by atoms with E-state index in [9.17, 15) is 4.79 Å². The molecule has 2 rings (SSSR count). The predicted molar refractivity (Wildman–Crippen MR) is 65.3 cm³/mol. The minimum Gasteiger partial charge on any atom is -0.310 e. The number of nitrogens with zero attached hydrogens (tertiary/aromatic N) is 1. The van der Waals surface area contributed by atoms with Crippen LogP contribution < -0.4 is 4.90 Å². The number of carbonyl (C=O) groups excluding carboxylic acids is 1. The van der Waals surface area contributed by atoms with E-state index in [1.54, 1.807) is 6.92 Å². The van der Waals surface area contributed by atoms with Crippen molar-refractivity contribution in [3.63, 3.8) is 0 Å². The van der Waals surface area contributed by atoms with Gasteiger partial charge in [-0.1, -0.05) is 31.4 Å². The number of amides is 1. The molecule has 1 amide bonds. The Bertz CT molecular complexity index is 341. The fourth-order valence-electron chi connectivity index (χ4n) is 2.53. The molecule has 2 heteroatoms. The molecule has 0 heterocycles. The van der Waals surface area contributed by atoms with Crippen LogP contribution >= 0.6 is 0 Å². The van der Waals surface area contributed by atoms with Gasteiger partial charge in [-0.15, -0.1) is 0 Å². The van der Waals surface area contributed by atoms with Crippen LogP contribution in [0.3, 0.4) is 0 Å². The molecule has 1 fully saturated rings. The molecule has 0 saturated heterocycles. The Balaban J connectivity index is 2.20. The maximum Gasteiger partial charge on any atom is 0.224 e. The summed E-state index contributed by atoms with van der Waals surface area (Å²) in [5.74, 6) is 0.151. The van der Waals surface area contributed by atoms with E-state index >= 15 is 0 Å². The van der Waals surface area contributed by atoms with E-state index in [0.29, 0.717) is 6.04 Å². The molecule has 85 valence electrons. The minimum absolute atomic E-state index is 0.151. The average Bonchev–Trinajstić information content (AvgIpc) is 2.31. The van der Waals surface area contributed by atoms with Crippen molar-refractivity contribution in [1.82, 2.24) is 0 Å². The number of hydrogen-bond acceptors (Lipinski definition) is 1. The van der Waals surface area contributed by atoms with E-state index in [4.69, 9.17) is 0 Å². The lowest BCUT2D eigenvalue weighted by Gasteiger charge is -2.33. The third kappa shape index (κ3) is 2.43. The van der Waals surface area contributed by atoms with Gasteiger partial charge in [0.25, 0.3) is 0 Å². The van der Waals surface area contributed by atoms with Crippen molar-refractivity contribution >= 4 is 11.6 Å². The normalized spacial score (nSPS) is 17.1. The molecule has 1 saturated carbocycles. The lowest BCUT2D eigenvalue weighted by Crippen LogP contribution is -2.40. The van der Waals surface area contributed by atoms with Crippen LogP contribution in [0, 0.1) is 6.07 Å². The summed E-state index contributed by atoms with van der Waals surface area (Å²) in [6, 6.07) is 11.1. The van der Waals surface area contributed by atoms with E-state index in [2.05, 4.69) is 6.07 Å². The minimum atomic E-state index is 0.151. The molecule has 1 aromatic carbocycles. The van der Waals surface area contributed by atoms with Crippen LogP contribution in [0.5, 0.6) is 0 Å². The fraction of sp³-hybridized carbons (Fsp3) is 0.500. The lowest BCUT2D eigenvalue weighted by molar-refractivity contribution is -0.117. The van der Waals surface area contributed by atoms with Crippen molar-refractivity contribution < 1.29 is 4.79 Å². The Kier molecular flexibility index (Phi) is 3.60. The smallest absolute Gasteiger partial charge is 0.224 e. The monoisotopic (exact) mass is 216 g/mol. The second-order valence-electron chi connectivity index (χ2n) is 4.44. The Labute approximate surface area is 97.3 Å². The quantitative estimate of drug-likeness (QED) is 0.743. The zero-order chi connectivity index (χ0) is 11.4. The molecule has 16 heavy (non-hydrogen) atoms. The SMILES string of the molecule is CC(=O)N(c1cc[c]cc1)C1CCCCC1. The van der Waals surface area contributed by atoms with Gasteiger partial charge in [-0.2, -0.15) is 0 Å². The molecule has 0 bridgehead atoms. The molecule has 0 aliphatic heterocycles. The molecule has 0 atom stereocenters. The van der Waals surface area contributed by atoms with Gasteiger partial charge in [0.1, 0.15) is 0 Å². The highest BCUT2D eigenvalue weighted by molar-refractivity contribution is 5.92. The predicted octanol–water partition coefficient (Wildman–Crippen LogP) is 3.17. The highest BCUT2D eigenvalue weighted by atomic mass is 16.2. The first-order valence-corrected chi connectivity index (χ1v) is 6.05. The largest absolute Gasteiger partial charge is 0.310 e. The molecular weight excluding hydrogens is 198 g/mol. The average molecular weight is 216 g/mol. The number of hydrogen-bond donors (Lipinski definition) is 0. The first-order valence-electron chi connectivity index (χ1n) is 6.05. The first-order chi connectivity index (χ1) is 7.79. The highest BCUT2D eigenvalue weighted by Crippen LogP contribution is 2.27. The molecule has 1 radical (unpaired) electrons. The van der Waals surface area contributed by atoms with Gasteiger partial charge in [-0.25, -0.2) is 0 Å². The molecule has 1 aliphatic carbocycles. The van der Waals surface area contributed by atoms with Gasteiger partial charge in [-0.05, 0) is 31.0 Å². The molecule has 1 aromatic rings. The summed E-state index contributed by atoms with van der Waals surface area (Å²) in [7, 11) is 0. The van der Waals surface area contributed by atoms with Crippen molar-refractivity contribution in [1.29, 1.82) is 0 Å². The summed E-state index contributed by atoms with van der Waals surface area (Å²) >= 11 is 0. The Hall–Kier alpha value is -1.31. The molecule has 0 N–H and O–H groups in total. The maximum atomic E-state index is 11.8. The summed E-state index contributed by atoms with van der Waals surface area (Å²) in [5, 5.41) is 0. The van der Waals surface area contributed by atoms with Crippen molar-refractivity contribution in [2.45, 2.75) is 45.1 Å². The van der Waals surface area contributed by atoms with Crippen molar-refractivity contribution in [2.75, 3.05) is 4.90 Å². The van der Waals surface area contributed by atoms with Crippen LogP contribution in [0.15, 0.2) is 24.3 Å². The standard InChI is InChI=1S/C14H18NO/c1-12(16)15(13-8-4-2-5-9-13)14-10-6-3-7-11-14/h6-7,10-11,13H,2,4-5,8-9H2,1H3. The van der Waals surface area contributed by atoms with Gasteiger partial charge < -0.3 is 4.90 Å².